The lowest BCUT2D eigenvalue weighted by Crippen LogP contribution is -2.30. The molecule has 0 saturated carbocycles. The third-order valence-electron chi connectivity index (χ3n) is 17.3. The molecule has 0 radical (unpaired) electrons. The third kappa shape index (κ3) is 68.8. The van der Waals surface area contributed by atoms with Crippen LogP contribution in [-0.4, -0.2) is 37.2 Å². The van der Waals surface area contributed by atoms with Crippen LogP contribution < -0.4 is 0 Å². The second-order valence-corrected chi connectivity index (χ2v) is 25.6. The van der Waals surface area contributed by atoms with Crippen LogP contribution in [0.25, 0.3) is 0 Å². The van der Waals surface area contributed by atoms with E-state index in [-0.39, 0.29) is 31.1 Å². The van der Waals surface area contributed by atoms with Crippen molar-refractivity contribution >= 4 is 17.9 Å². The van der Waals surface area contributed by atoms with Gasteiger partial charge in [0.25, 0.3) is 0 Å². The zero-order chi connectivity index (χ0) is 58.5. The van der Waals surface area contributed by atoms with Crippen molar-refractivity contribution in [3.05, 3.63) is 12.2 Å². The summed E-state index contributed by atoms with van der Waals surface area (Å²) in [4.78, 5) is 38.4. The molecule has 0 rings (SSSR count). The Hall–Kier alpha value is -1.85. The van der Waals surface area contributed by atoms with Gasteiger partial charge in [0.05, 0.1) is 0 Å². The molecule has 0 N–H and O–H groups in total. The van der Waals surface area contributed by atoms with E-state index in [1.807, 2.05) is 0 Å². The average molecular weight is 1140 g/mol. The molecule has 0 saturated heterocycles. The maximum atomic E-state index is 12.9. The molecule has 1 unspecified atom stereocenters. The molecule has 0 aliphatic heterocycles. The van der Waals surface area contributed by atoms with Gasteiger partial charge in [-0.05, 0) is 44.9 Å². The lowest BCUT2D eigenvalue weighted by atomic mass is 10.0. The van der Waals surface area contributed by atoms with Gasteiger partial charge in [0.1, 0.15) is 13.2 Å². The number of unbranched alkanes of at least 4 members (excludes halogenated alkanes) is 57. The van der Waals surface area contributed by atoms with Crippen LogP contribution in [-0.2, 0) is 28.6 Å². The third-order valence-corrected chi connectivity index (χ3v) is 17.3. The van der Waals surface area contributed by atoms with E-state index in [1.54, 1.807) is 0 Å². The van der Waals surface area contributed by atoms with Gasteiger partial charge in [-0.2, -0.15) is 0 Å². The van der Waals surface area contributed by atoms with Gasteiger partial charge >= 0.3 is 17.9 Å². The number of carbonyl (C=O) groups excluding carboxylic acids is 3. The summed E-state index contributed by atoms with van der Waals surface area (Å²) in [7, 11) is 0. The van der Waals surface area contributed by atoms with Crippen molar-refractivity contribution in [2.24, 2.45) is 0 Å². The Morgan fingerprint density at radius 1 is 0.235 bits per heavy atom. The number of ether oxygens (including phenoxy) is 3. The topological polar surface area (TPSA) is 78.9 Å². The minimum atomic E-state index is -0.767. The minimum Gasteiger partial charge on any atom is -0.462 e. The van der Waals surface area contributed by atoms with E-state index in [0.29, 0.717) is 19.3 Å². The maximum absolute atomic E-state index is 12.9. The van der Waals surface area contributed by atoms with E-state index in [2.05, 4.69) is 32.9 Å². The van der Waals surface area contributed by atoms with Gasteiger partial charge in [0, 0.05) is 19.3 Å². The quantitative estimate of drug-likeness (QED) is 0.0261. The highest BCUT2D eigenvalue weighted by atomic mass is 16.6. The molecule has 0 aromatic heterocycles. The van der Waals surface area contributed by atoms with Gasteiger partial charge in [-0.1, -0.05) is 380 Å². The van der Waals surface area contributed by atoms with Gasteiger partial charge in [-0.3, -0.25) is 14.4 Å². The zero-order valence-electron chi connectivity index (χ0n) is 55.4. The van der Waals surface area contributed by atoms with E-state index in [1.165, 1.54) is 334 Å². The van der Waals surface area contributed by atoms with Crippen LogP contribution in [0.1, 0.15) is 432 Å². The van der Waals surface area contributed by atoms with Crippen molar-refractivity contribution in [3.63, 3.8) is 0 Å². The van der Waals surface area contributed by atoms with E-state index in [9.17, 15) is 14.4 Å². The first-order chi connectivity index (χ1) is 40.0. The van der Waals surface area contributed by atoms with Crippen molar-refractivity contribution in [3.8, 4) is 0 Å². The first kappa shape index (κ1) is 79.2. The second-order valence-electron chi connectivity index (χ2n) is 25.6. The molecule has 6 nitrogen and oxygen atoms in total. The molecular weight excluding hydrogens is 997 g/mol. The number of allylic oxidation sites excluding steroid dienone is 2. The molecular formula is C75H144O6. The predicted molar refractivity (Wildman–Crippen MR) is 353 cm³/mol. The van der Waals surface area contributed by atoms with Crippen molar-refractivity contribution in [1.29, 1.82) is 0 Å². The molecule has 0 aromatic rings. The molecule has 0 aromatic carbocycles. The van der Waals surface area contributed by atoms with E-state index >= 15 is 0 Å². The summed E-state index contributed by atoms with van der Waals surface area (Å²) < 4.78 is 17.0. The largest absolute Gasteiger partial charge is 0.462 e. The summed E-state index contributed by atoms with van der Waals surface area (Å²) >= 11 is 0. The molecule has 0 amide bonds. The molecule has 480 valence electrons. The van der Waals surface area contributed by atoms with Crippen LogP contribution >= 0.6 is 0 Å². The van der Waals surface area contributed by atoms with Crippen molar-refractivity contribution in [1.82, 2.24) is 0 Å². The number of hydrogen-bond acceptors (Lipinski definition) is 6. The van der Waals surface area contributed by atoms with Crippen LogP contribution in [0.15, 0.2) is 12.2 Å². The van der Waals surface area contributed by atoms with E-state index < -0.39 is 6.10 Å². The number of hydrogen-bond donors (Lipinski definition) is 0. The van der Waals surface area contributed by atoms with Crippen LogP contribution in [0, 0.1) is 0 Å². The summed E-state index contributed by atoms with van der Waals surface area (Å²) in [5, 5.41) is 0. The van der Waals surface area contributed by atoms with Gasteiger partial charge < -0.3 is 14.2 Å². The van der Waals surface area contributed by atoms with Gasteiger partial charge in [-0.15, -0.1) is 0 Å². The van der Waals surface area contributed by atoms with Crippen LogP contribution in [0.4, 0.5) is 0 Å². The Balaban J connectivity index is 4.04. The lowest BCUT2D eigenvalue weighted by molar-refractivity contribution is -0.167. The molecule has 6 heteroatoms. The summed E-state index contributed by atoms with van der Waals surface area (Å²) in [6.45, 7) is 6.71. The first-order valence-electron chi connectivity index (χ1n) is 37.2. The second kappa shape index (κ2) is 70.6. The van der Waals surface area contributed by atoms with Crippen LogP contribution in [0.5, 0.6) is 0 Å². The molecule has 0 aliphatic carbocycles. The van der Waals surface area contributed by atoms with Gasteiger partial charge in [-0.25, -0.2) is 0 Å². The first-order valence-corrected chi connectivity index (χ1v) is 37.2. The minimum absolute atomic E-state index is 0.0641. The van der Waals surface area contributed by atoms with Gasteiger partial charge in [0.2, 0.25) is 0 Å². The monoisotopic (exact) mass is 1140 g/mol. The fourth-order valence-corrected chi connectivity index (χ4v) is 11.7. The molecule has 0 heterocycles. The summed E-state index contributed by atoms with van der Waals surface area (Å²) in [5.74, 6) is -0.833. The normalized spacial score (nSPS) is 12.0. The average Bonchev–Trinajstić information content (AvgIpc) is 3.47. The number of esters is 3. The Morgan fingerprint density at radius 2 is 0.407 bits per heavy atom. The summed E-state index contributed by atoms with van der Waals surface area (Å²) in [6.07, 6.45) is 85.6. The van der Waals surface area contributed by atoms with Crippen molar-refractivity contribution in [2.45, 2.75) is 438 Å². The predicted octanol–water partition coefficient (Wildman–Crippen LogP) is 25.6. The number of rotatable bonds is 70. The SMILES string of the molecule is CCCCCCCC/C=C\CCCCCCCCCCCC(=O)OC(COC(=O)CCCCCCCCCCCCC)COC(=O)CCCCCCCCCCCCCCCCCCCCCCCCCCCCCCCCCCC. The Bertz CT molecular complexity index is 1260. The highest BCUT2D eigenvalue weighted by Gasteiger charge is 2.20. The summed E-state index contributed by atoms with van der Waals surface area (Å²) in [6, 6.07) is 0. The summed E-state index contributed by atoms with van der Waals surface area (Å²) in [5.41, 5.74) is 0. The van der Waals surface area contributed by atoms with Gasteiger partial charge in [0.15, 0.2) is 6.10 Å². The lowest BCUT2D eigenvalue weighted by Gasteiger charge is -2.18. The molecule has 0 spiro atoms. The smallest absolute Gasteiger partial charge is 0.306 e. The standard InChI is InChI=1S/C75H144O6/c1-4-7-10-13-16-19-22-24-26-28-30-31-32-33-34-35-36-37-38-39-40-41-42-43-45-46-48-50-53-56-59-62-65-68-74(77)80-71-72(70-79-73(76)67-64-61-58-55-52-21-18-15-12-9-6-3)81-75(78)69-66-63-60-57-54-51-49-47-44-29-27-25-23-20-17-14-11-8-5-2/h25,27,72H,4-24,26,28-71H2,1-3H3/b27-25-. The van der Waals surface area contributed by atoms with E-state index in [4.69, 9.17) is 14.2 Å². The van der Waals surface area contributed by atoms with Crippen molar-refractivity contribution < 1.29 is 28.6 Å². The molecule has 1 atom stereocenters. The Kier molecular flexibility index (Phi) is 69.0. The highest BCUT2D eigenvalue weighted by Crippen LogP contribution is 2.20. The Morgan fingerprint density at radius 3 is 0.617 bits per heavy atom. The maximum Gasteiger partial charge on any atom is 0.306 e. The fourth-order valence-electron chi connectivity index (χ4n) is 11.7. The Labute approximate surface area is 507 Å². The molecule has 0 fully saturated rings. The number of carbonyl (C=O) groups is 3. The van der Waals surface area contributed by atoms with E-state index in [0.717, 1.165) is 57.8 Å². The van der Waals surface area contributed by atoms with Crippen LogP contribution in [0.2, 0.25) is 0 Å². The van der Waals surface area contributed by atoms with Crippen LogP contribution in [0.3, 0.4) is 0 Å². The molecule has 81 heavy (non-hydrogen) atoms. The molecule has 0 bridgehead atoms. The fraction of sp³-hybridized carbons (Fsp3) is 0.933. The highest BCUT2D eigenvalue weighted by molar-refractivity contribution is 5.71. The molecule has 0 aliphatic rings. The van der Waals surface area contributed by atoms with Crippen molar-refractivity contribution in [2.75, 3.05) is 13.2 Å². The zero-order valence-corrected chi connectivity index (χ0v) is 55.4.